The summed E-state index contributed by atoms with van der Waals surface area (Å²) in [5, 5.41) is 0. The Morgan fingerprint density at radius 3 is 1.03 bits per heavy atom. The molecule has 0 fully saturated rings. The third kappa shape index (κ3) is 4.91. The fraction of sp³-hybridized carbons (Fsp3) is 0.400. The van der Waals surface area contributed by atoms with Crippen LogP contribution in [-0.2, 0) is 4.32 Å². The minimum atomic E-state index is -0.879. The lowest BCUT2D eigenvalue weighted by atomic mass is 9.66. The second-order valence-corrected chi connectivity index (χ2v) is 27.3. The minimum Gasteiger partial charge on any atom is -0.0834 e. The fourth-order valence-electron chi connectivity index (χ4n) is 3.50. The van der Waals surface area contributed by atoms with Gasteiger partial charge in [-0.2, -0.15) is 0 Å². The molecule has 0 aliphatic carbocycles. The lowest BCUT2D eigenvalue weighted by Gasteiger charge is -2.64. The zero-order valence-electron chi connectivity index (χ0n) is 15.6. The van der Waals surface area contributed by atoms with E-state index in [9.17, 15) is 0 Å². The maximum atomic E-state index is 4.26. The van der Waals surface area contributed by atoms with Crippen LogP contribution in [0.3, 0.4) is 0 Å². The van der Waals surface area contributed by atoms with Crippen molar-refractivity contribution in [2.45, 2.75) is 30.0 Å². The highest BCUT2D eigenvalue weighted by atomic mass is 80.0. The first-order valence-corrected chi connectivity index (χ1v) is 16.4. The summed E-state index contributed by atoms with van der Waals surface area (Å²) in [6.07, 6.45) is 0. The molecule has 10 heteroatoms. The lowest BCUT2D eigenvalue weighted by Crippen LogP contribution is -2.69. The Hall–Kier alpha value is 3.24. The number of rotatable bonds is 5. The van der Waals surface area contributed by atoms with Crippen LogP contribution in [0.15, 0.2) is 60.7 Å². The molecule has 0 radical (unpaired) electrons. The molecule has 2 aromatic rings. The van der Waals surface area contributed by atoms with Crippen LogP contribution in [0.25, 0.3) is 0 Å². The van der Waals surface area contributed by atoms with Crippen LogP contribution in [-0.4, -0.2) is 11.8 Å². The summed E-state index contributed by atoms with van der Waals surface area (Å²) in [4.78, 5) is 0. The highest BCUT2D eigenvalue weighted by Gasteiger charge is 2.79. The van der Waals surface area contributed by atoms with E-state index >= 15 is 0 Å². The number of halogens is 10. The number of hydrogen-bond donors (Lipinski definition) is 0. The Labute approximate surface area is 262 Å². The summed E-state index contributed by atoms with van der Waals surface area (Å²) in [6, 6.07) is 20.7. The van der Waals surface area contributed by atoms with Crippen molar-refractivity contribution in [3.05, 3.63) is 71.8 Å². The van der Waals surface area contributed by atoms with Gasteiger partial charge in [-0.25, -0.2) is 0 Å². The Bertz CT molecular complexity index is 792. The molecule has 0 bridgehead atoms. The topological polar surface area (TPSA) is 0 Å². The van der Waals surface area contributed by atoms with Crippen molar-refractivity contribution < 1.29 is 0 Å². The Morgan fingerprint density at radius 1 is 0.500 bits per heavy atom. The average molecular weight is 1060 g/mol. The molecule has 0 saturated carbocycles. The van der Waals surface area contributed by atoms with E-state index in [-0.39, 0.29) is 0 Å². The summed E-state index contributed by atoms with van der Waals surface area (Å²) < 4.78 is -3.70. The zero-order valence-corrected chi connectivity index (χ0v) is 31.4. The quantitative estimate of drug-likeness (QED) is 0.262. The van der Waals surface area contributed by atoms with E-state index in [0.717, 1.165) is 11.1 Å². The molecular weight excluding hydrogens is 1040 g/mol. The summed E-state index contributed by atoms with van der Waals surface area (Å²) in [5.74, 6) is 0. The molecule has 0 amide bonds. The highest BCUT2D eigenvalue weighted by molar-refractivity contribution is 9.41. The summed E-state index contributed by atoms with van der Waals surface area (Å²) in [6.45, 7) is 4.21. The molecule has 2 aromatic carbocycles. The number of benzene rings is 2. The molecule has 0 aliphatic rings. The van der Waals surface area contributed by atoms with Crippen LogP contribution in [0.2, 0.25) is 0 Å². The second-order valence-electron chi connectivity index (χ2n) is 7.18. The van der Waals surface area contributed by atoms with Crippen LogP contribution in [0, 0.1) is 5.41 Å². The molecule has 0 unspecified atom stereocenters. The van der Waals surface area contributed by atoms with E-state index in [1.807, 2.05) is 36.4 Å². The molecule has 0 atom stereocenters. The van der Waals surface area contributed by atoms with Crippen LogP contribution in [0.1, 0.15) is 25.0 Å². The van der Waals surface area contributed by atoms with Crippen molar-refractivity contribution in [1.82, 2.24) is 0 Å². The van der Waals surface area contributed by atoms with Gasteiger partial charge in [0, 0.05) is 4.32 Å². The van der Waals surface area contributed by atoms with Gasteiger partial charge in [0.2, 0.25) is 0 Å². The van der Waals surface area contributed by atoms with Gasteiger partial charge in [-0.05, 0) is 25.0 Å². The van der Waals surface area contributed by atoms with Gasteiger partial charge < -0.3 is 0 Å². The minimum absolute atomic E-state index is 0.455. The van der Waals surface area contributed by atoms with E-state index in [1.165, 1.54) is 0 Å². The molecule has 0 aromatic heterocycles. The largest absolute Gasteiger partial charge is 0.147 e. The predicted molar refractivity (Wildman–Crippen MR) is 168 cm³/mol. The van der Waals surface area contributed by atoms with Gasteiger partial charge in [0.1, 0.15) is 7.52 Å². The molecule has 0 aliphatic heterocycles. The van der Waals surface area contributed by atoms with Gasteiger partial charge in [-0.1, -0.05) is 220 Å². The molecule has 166 valence electrons. The standard InChI is InChI=1S/C20H16Br10/c1-15(2,21)18(23,24)17(19(25,26)27,20(28,29)30)16(22,13-9-5-3-6-10-13)14-11-7-4-8-12-14/h3-12H,1-2H3. The lowest BCUT2D eigenvalue weighted by molar-refractivity contribution is 0.230. The Balaban J connectivity index is 3.21. The van der Waals surface area contributed by atoms with E-state index < -0.39 is 21.6 Å². The van der Waals surface area contributed by atoms with Crippen molar-refractivity contribution in [1.29, 1.82) is 0 Å². The summed E-state index contributed by atoms with van der Waals surface area (Å²) in [7, 11) is 0. The monoisotopic (exact) mass is 1050 g/mol. The molecule has 0 heterocycles. The van der Waals surface area contributed by atoms with Crippen molar-refractivity contribution in [3.63, 3.8) is 0 Å². The smallest absolute Gasteiger partial charge is 0.0834 e. The van der Waals surface area contributed by atoms with Gasteiger partial charge in [-0.15, -0.1) is 0 Å². The van der Waals surface area contributed by atoms with Crippen LogP contribution >= 0.6 is 159 Å². The number of hydrogen-bond acceptors (Lipinski definition) is 0. The summed E-state index contributed by atoms with van der Waals surface area (Å²) in [5.41, 5.74) is 1.23. The molecule has 0 spiro atoms. The van der Waals surface area contributed by atoms with Gasteiger partial charge in [0.25, 0.3) is 0 Å². The first kappa shape index (κ1) is 29.5. The molecule has 0 saturated heterocycles. The molecule has 30 heavy (non-hydrogen) atoms. The third-order valence-corrected chi connectivity index (χ3v) is 14.8. The molecule has 2 rings (SSSR count). The van der Waals surface area contributed by atoms with Gasteiger partial charge >= 0.3 is 0 Å². The van der Waals surface area contributed by atoms with Crippen molar-refractivity contribution in [3.8, 4) is 0 Å². The average Bonchev–Trinajstić information content (AvgIpc) is 2.59. The van der Waals surface area contributed by atoms with Crippen LogP contribution in [0.5, 0.6) is 0 Å². The van der Waals surface area contributed by atoms with Crippen LogP contribution < -0.4 is 0 Å². The predicted octanol–water partition coefficient (Wildman–Crippen LogP) is 11.6. The SMILES string of the molecule is CC(C)(Br)C(Br)(Br)C(C(Br)(Br)Br)(C(Br)(Br)Br)C(Br)(c1ccccc1)c1ccccc1. The van der Waals surface area contributed by atoms with Gasteiger partial charge in [0.05, 0.1) is 9.74 Å². The van der Waals surface area contributed by atoms with Gasteiger partial charge in [-0.3, -0.25) is 0 Å². The number of alkyl halides is 10. The van der Waals surface area contributed by atoms with E-state index in [2.05, 4.69) is 197 Å². The van der Waals surface area contributed by atoms with Crippen molar-refractivity contribution in [2.24, 2.45) is 5.41 Å². The van der Waals surface area contributed by atoms with E-state index in [4.69, 9.17) is 0 Å². The Kier molecular flexibility index (Phi) is 10.1. The molecule has 0 nitrogen and oxygen atoms in total. The second kappa shape index (κ2) is 10.3. The highest BCUT2D eigenvalue weighted by Crippen LogP contribution is 2.81. The van der Waals surface area contributed by atoms with Crippen molar-refractivity contribution >= 4 is 159 Å². The Morgan fingerprint density at radius 2 is 0.800 bits per heavy atom. The molecule has 0 N–H and O–H groups in total. The third-order valence-electron chi connectivity index (χ3n) is 4.93. The summed E-state index contributed by atoms with van der Waals surface area (Å²) >= 11 is 39.9. The zero-order chi connectivity index (χ0) is 23.2. The van der Waals surface area contributed by atoms with Crippen LogP contribution in [0.4, 0.5) is 0 Å². The van der Waals surface area contributed by atoms with E-state index in [0.29, 0.717) is 0 Å². The maximum absolute atomic E-state index is 4.26. The van der Waals surface area contributed by atoms with Gasteiger partial charge in [0.15, 0.2) is 0 Å². The first-order chi connectivity index (χ1) is 13.5. The normalized spacial score (nSPS) is 14.7. The first-order valence-electron chi connectivity index (χ1n) is 8.46. The maximum Gasteiger partial charge on any atom is 0.147 e. The van der Waals surface area contributed by atoms with E-state index in [1.54, 1.807) is 0 Å². The van der Waals surface area contributed by atoms with Crippen molar-refractivity contribution in [2.75, 3.05) is 0 Å². The molecular formula is C20H16Br10. The fourth-order valence-corrected chi connectivity index (χ4v) is 20.1.